The van der Waals surface area contributed by atoms with E-state index in [0.717, 1.165) is 11.4 Å². The molecule has 2 aromatic carbocycles. The Morgan fingerprint density at radius 3 is 2.47 bits per heavy atom. The maximum atomic E-state index is 12.8. The third kappa shape index (κ3) is 3.69. The van der Waals surface area contributed by atoms with E-state index in [-0.39, 0.29) is 48.0 Å². The summed E-state index contributed by atoms with van der Waals surface area (Å²) in [6.07, 6.45) is 6.31. The number of fused-ring (bicyclic) bond motifs is 5. The lowest BCUT2D eigenvalue weighted by Crippen LogP contribution is -2.28. The number of ether oxygens (including phenoxy) is 1. The Labute approximate surface area is 189 Å². The molecule has 0 spiro atoms. The number of imide groups is 1. The molecule has 2 aliphatic carbocycles. The van der Waals surface area contributed by atoms with Gasteiger partial charge < -0.3 is 10.1 Å². The van der Waals surface area contributed by atoms with Crippen LogP contribution in [0.4, 0.5) is 5.69 Å². The second kappa shape index (κ2) is 8.24. The second-order valence-corrected chi connectivity index (χ2v) is 8.55. The first-order valence-corrected chi connectivity index (χ1v) is 10.8. The Morgan fingerprint density at radius 2 is 1.78 bits per heavy atom. The van der Waals surface area contributed by atoms with Crippen molar-refractivity contribution in [2.75, 3.05) is 11.9 Å². The lowest BCUT2D eigenvalue weighted by atomic mass is 9.85. The van der Waals surface area contributed by atoms with Gasteiger partial charge in [0.1, 0.15) is 5.75 Å². The third-order valence-corrected chi connectivity index (χ3v) is 6.38. The largest absolute Gasteiger partial charge is 0.483 e. The van der Waals surface area contributed by atoms with Crippen molar-refractivity contribution in [1.29, 1.82) is 0 Å². The molecule has 32 heavy (non-hydrogen) atoms. The molecule has 7 nitrogen and oxygen atoms in total. The molecule has 8 heteroatoms. The summed E-state index contributed by atoms with van der Waals surface area (Å²) in [6, 6.07) is 13.9. The zero-order valence-corrected chi connectivity index (χ0v) is 17.7. The summed E-state index contributed by atoms with van der Waals surface area (Å²) in [6.45, 7) is -0.224. The van der Waals surface area contributed by atoms with Gasteiger partial charge in [0.25, 0.3) is 17.7 Å². The number of nitrogens with one attached hydrogen (secondary N) is 1. The van der Waals surface area contributed by atoms with Crippen LogP contribution in [0.3, 0.4) is 0 Å². The fourth-order valence-corrected chi connectivity index (χ4v) is 4.91. The molecular weight excluding hydrogens is 430 g/mol. The summed E-state index contributed by atoms with van der Waals surface area (Å²) < 4.78 is 5.65. The molecule has 2 fully saturated rings. The Morgan fingerprint density at radius 1 is 1.09 bits per heavy atom. The molecule has 5 rings (SSSR count). The number of benzene rings is 2. The molecule has 2 aromatic rings. The molecule has 1 heterocycles. The zero-order valence-electron chi connectivity index (χ0n) is 17.0. The van der Waals surface area contributed by atoms with E-state index in [4.69, 9.17) is 16.3 Å². The quantitative estimate of drug-likeness (QED) is 0.415. The van der Waals surface area contributed by atoms with Gasteiger partial charge in [-0.25, -0.2) is 0 Å². The van der Waals surface area contributed by atoms with Crippen molar-refractivity contribution >= 4 is 41.2 Å². The Kier molecular flexibility index (Phi) is 5.27. The van der Waals surface area contributed by atoms with E-state index in [0.29, 0.717) is 22.0 Å². The topological polar surface area (TPSA) is 88.1 Å². The molecule has 0 radical (unpaired) electrons. The monoisotopic (exact) mass is 449 g/mol. The second-order valence-electron chi connectivity index (χ2n) is 8.12. The fourth-order valence-electron chi connectivity index (χ4n) is 4.73. The first-order chi connectivity index (χ1) is 15.5. The van der Waals surface area contributed by atoms with Gasteiger partial charge in [-0.05, 0) is 48.6 Å². The molecular formula is C24H20ClN3O4. The number of amides is 3. The molecule has 4 atom stereocenters. The van der Waals surface area contributed by atoms with Gasteiger partial charge >= 0.3 is 0 Å². The van der Waals surface area contributed by atoms with E-state index in [1.165, 1.54) is 6.21 Å². The Balaban J connectivity index is 1.29. The first kappa shape index (κ1) is 20.5. The summed E-state index contributed by atoms with van der Waals surface area (Å²) in [5, 5.41) is 8.32. The number of para-hydroxylation sites is 1. The molecule has 1 saturated carbocycles. The Bertz CT molecular complexity index is 1120. The lowest BCUT2D eigenvalue weighted by molar-refractivity contribution is -0.140. The van der Waals surface area contributed by atoms with Crippen LogP contribution in [0.5, 0.6) is 5.75 Å². The number of hydrogen-bond acceptors (Lipinski definition) is 5. The summed E-state index contributed by atoms with van der Waals surface area (Å²) in [5.41, 5.74) is 1.13. The minimum Gasteiger partial charge on any atom is -0.483 e. The molecule has 1 aliphatic heterocycles. The van der Waals surface area contributed by atoms with E-state index in [9.17, 15) is 14.4 Å². The highest BCUT2D eigenvalue weighted by molar-refractivity contribution is 6.31. The number of hydrogen-bond donors (Lipinski definition) is 1. The van der Waals surface area contributed by atoms with Crippen LogP contribution in [-0.4, -0.2) is 35.6 Å². The van der Waals surface area contributed by atoms with Crippen molar-refractivity contribution in [1.82, 2.24) is 5.01 Å². The predicted molar refractivity (Wildman–Crippen MR) is 119 cm³/mol. The number of allylic oxidation sites excluding steroid dienone is 2. The van der Waals surface area contributed by atoms with Crippen LogP contribution in [0.25, 0.3) is 0 Å². The Hall–Kier alpha value is -3.45. The molecule has 3 amide bonds. The third-order valence-electron chi connectivity index (χ3n) is 6.15. The molecule has 3 aliphatic rings. The van der Waals surface area contributed by atoms with Crippen LogP contribution >= 0.6 is 11.6 Å². The average Bonchev–Trinajstić information content (AvgIpc) is 3.47. The van der Waals surface area contributed by atoms with Crippen molar-refractivity contribution in [3.05, 3.63) is 71.3 Å². The summed E-state index contributed by atoms with van der Waals surface area (Å²) in [4.78, 5) is 37.8. The predicted octanol–water partition coefficient (Wildman–Crippen LogP) is 3.50. The van der Waals surface area contributed by atoms with Crippen LogP contribution in [0.1, 0.15) is 12.0 Å². The standard InChI is InChI=1S/C24H20ClN3O4/c25-17-8-9-19(32-13-20(29)27-18-4-2-1-3-5-18)16(11-17)12-26-28-23(30)21-14-6-7-15(10-14)22(21)24(28)31/h1-9,11-12,14-15,21-22H,10,13H2,(H,27,29)/t14-,15-,21-,22+/m0/s1. The van der Waals surface area contributed by atoms with E-state index in [1.807, 2.05) is 30.4 Å². The smallest absolute Gasteiger partial charge is 0.262 e. The summed E-state index contributed by atoms with van der Waals surface area (Å²) in [5.74, 6) is -0.876. The highest BCUT2D eigenvalue weighted by Gasteiger charge is 2.59. The summed E-state index contributed by atoms with van der Waals surface area (Å²) in [7, 11) is 0. The number of carbonyl (C=O) groups excluding carboxylic acids is 3. The van der Waals surface area contributed by atoms with Gasteiger partial charge in [0.15, 0.2) is 6.61 Å². The van der Waals surface area contributed by atoms with Gasteiger partial charge in [-0.15, -0.1) is 0 Å². The zero-order chi connectivity index (χ0) is 22.2. The van der Waals surface area contributed by atoms with Gasteiger partial charge in [0, 0.05) is 16.3 Å². The van der Waals surface area contributed by atoms with Crippen molar-refractivity contribution in [3.8, 4) is 5.75 Å². The van der Waals surface area contributed by atoms with Crippen LogP contribution in [0, 0.1) is 23.7 Å². The number of rotatable bonds is 6. The van der Waals surface area contributed by atoms with E-state index in [1.54, 1.807) is 30.3 Å². The van der Waals surface area contributed by atoms with Gasteiger partial charge in [0.2, 0.25) is 0 Å². The van der Waals surface area contributed by atoms with E-state index >= 15 is 0 Å². The maximum Gasteiger partial charge on any atom is 0.262 e. The van der Waals surface area contributed by atoms with Crippen LogP contribution in [0.15, 0.2) is 65.8 Å². The highest BCUT2D eigenvalue weighted by Crippen LogP contribution is 2.52. The number of nitrogens with zero attached hydrogens (tertiary/aromatic N) is 2. The molecule has 0 aromatic heterocycles. The summed E-state index contributed by atoms with van der Waals surface area (Å²) >= 11 is 6.11. The van der Waals surface area contributed by atoms with Gasteiger partial charge in [-0.3, -0.25) is 14.4 Å². The molecule has 1 N–H and O–H groups in total. The van der Waals surface area contributed by atoms with Crippen LogP contribution in [0.2, 0.25) is 5.02 Å². The van der Waals surface area contributed by atoms with Gasteiger partial charge in [0.05, 0.1) is 18.1 Å². The number of carbonyl (C=O) groups is 3. The minimum absolute atomic E-state index is 0.120. The molecule has 0 unspecified atom stereocenters. The van der Waals surface area contributed by atoms with Crippen molar-refractivity contribution in [3.63, 3.8) is 0 Å². The van der Waals surface area contributed by atoms with Crippen LogP contribution < -0.4 is 10.1 Å². The van der Waals surface area contributed by atoms with E-state index < -0.39 is 0 Å². The minimum atomic E-state index is -0.324. The van der Waals surface area contributed by atoms with Crippen molar-refractivity contribution in [2.45, 2.75) is 6.42 Å². The number of anilines is 1. The maximum absolute atomic E-state index is 12.8. The van der Waals surface area contributed by atoms with Gasteiger partial charge in [-0.1, -0.05) is 42.0 Å². The lowest BCUT2D eigenvalue weighted by Gasteiger charge is -2.13. The highest BCUT2D eigenvalue weighted by atomic mass is 35.5. The normalized spacial score (nSPS) is 25.6. The molecule has 1 saturated heterocycles. The van der Waals surface area contributed by atoms with Gasteiger partial charge in [-0.2, -0.15) is 10.1 Å². The SMILES string of the molecule is O=C(COc1ccc(Cl)cc1C=NN1C(=O)[C@@H]2[C@H](C1=O)[C@H]1C=C[C@H]2C1)Nc1ccccc1. The van der Waals surface area contributed by atoms with Crippen molar-refractivity contribution < 1.29 is 19.1 Å². The number of hydrazone groups is 1. The molecule has 162 valence electrons. The van der Waals surface area contributed by atoms with Crippen molar-refractivity contribution in [2.24, 2.45) is 28.8 Å². The average molecular weight is 450 g/mol. The van der Waals surface area contributed by atoms with Crippen LogP contribution in [-0.2, 0) is 14.4 Å². The first-order valence-electron chi connectivity index (χ1n) is 10.4. The fraction of sp³-hybridized carbons (Fsp3) is 0.250. The molecule has 2 bridgehead atoms. The number of halogens is 1. The van der Waals surface area contributed by atoms with E-state index in [2.05, 4.69) is 10.4 Å².